The lowest BCUT2D eigenvalue weighted by Gasteiger charge is -2.20. The van der Waals surface area contributed by atoms with Crippen LogP contribution >= 0.6 is 0 Å². The van der Waals surface area contributed by atoms with E-state index in [1.165, 1.54) is 47.5 Å². The van der Waals surface area contributed by atoms with Gasteiger partial charge in [-0.05, 0) is 48.1 Å². The van der Waals surface area contributed by atoms with Gasteiger partial charge in [-0.2, -0.15) is 10.4 Å². The second-order valence-electron chi connectivity index (χ2n) is 9.69. The molecule has 2 aromatic heterocycles. The van der Waals surface area contributed by atoms with Crippen LogP contribution in [0.5, 0.6) is 0 Å². The number of nitrogens with two attached hydrogens (primary N) is 1. The Labute approximate surface area is 229 Å². The molecule has 12 heteroatoms. The van der Waals surface area contributed by atoms with Crippen molar-refractivity contribution in [3.05, 3.63) is 88.4 Å². The number of nitrogens with one attached hydrogen (secondary N) is 1. The summed E-state index contributed by atoms with van der Waals surface area (Å²) in [5.74, 6) is -2.44. The predicted octanol–water partition coefficient (Wildman–Crippen LogP) is 4.34. The second kappa shape index (κ2) is 10.2. The third kappa shape index (κ3) is 4.91. The number of rotatable bonds is 7. The molecule has 0 spiro atoms. The summed E-state index contributed by atoms with van der Waals surface area (Å²) in [4.78, 5) is 16.5. The van der Waals surface area contributed by atoms with Crippen molar-refractivity contribution in [2.24, 2.45) is 7.05 Å². The van der Waals surface area contributed by atoms with Crippen LogP contribution in [0.2, 0.25) is 0 Å². The van der Waals surface area contributed by atoms with Crippen LogP contribution in [0, 0.1) is 23.0 Å². The standard InChI is InChI=1S/C28H24F2N6O3S/c1-36-26(18(12-31)14-34-36)19-8-7-16(23(30)24(19)32)10-21-22(29)11-20(15-5-6-15)25(27(21)40(2,38)39)35-28(37)17-4-3-9-33-13-17/h3-4,7-9,11,13-15H,5-6,10,32H2,1-2H3,(H,35,37). The van der Waals surface area contributed by atoms with Crippen LogP contribution < -0.4 is 11.1 Å². The Morgan fingerprint density at radius 1 is 1.25 bits per heavy atom. The molecule has 1 aliphatic rings. The highest BCUT2D eigenvalue weighted by molar-refractivity contribution is 7.91. The highest BCUT2D eigenvalue weighted by Gasteiger charge is 2.34. The van der Waals surface area contributed by atoms with E-state index in [1.807, 2.05) is 6.07 Å². The number of carbonyl (C=O) groups is 1. The maximum absolute atomic E-state index is 15.7. The largest absolute Gasteiger partial charge is 0.396 e. The fraction of sp³-hybridized carbons (Fsp3) is 0.214. The number of pyridine rings is 1. The number of aryl methyl sites for hydroxylation is 1. The number of benzene rings is 2. The van der Waals surface area contributed by atoms with E-state index in [0.717, 1.165) is 6.26 Å². The zero-order valence-corrected chi connectivity index (χ0v) is 22.4. The normalized spacial score (nSPS) is 13.2. The number of nitrogen functional groups attached to an aromatic ring is 1. The molecular formula is C28H24F2N6O3S. The molecule has 5 rings (SSSR count). The third-order valence-corrected chi connectivity index (χ3v) is 8.04. The summed E-state index contributed by atoms with van der Waals surface area (Å²) in [6.45, 7) is 0. The molecule has 1 aliphatic carbocycles. The molecule has 0 atom stereocenters. The van der Waals surface area contributed by atoms with E-state index in [-0.39, 0.29) is 45.1 Å². The van der Waals surface area contributed by atoms with Crippen molar-refractivity contribution in [1.29, 1.82) is 5.26 Å². The van der Waals surface area contributed by atoms with Crippen molar-refractivity contribution in [3.63, 3.8) is 0 Å². The first-order valence-electron chi connectivity index (χ1n) is 12.3. The number of sulfone groups is 1. The number of hydrogen-bond acceptors (Lipinski definition) is 7. The van der Waals surface area contributed by atoms with E-state index >= 15 is 8.78 Å². The minimum absolute atomic E-state index is 0.0196. The van der Waals surface area contributed by atoms with Crippen molar-refractivity contribution in [2.45, 2.75) is 30.1 Å². The number of halogens is 2. The number of carbonyl (C=O) groups excluding carboxylic acids is 1. The molecule has 0 bridgehead atoms. The van der Waals surface area contributed by atoms with E-state index < -0.39 is 38.7 Å². The van der Waals surface area contributed by atoms with Gasteiger partial charge in [0.25, 0.3) is 5.91 Å². The van der Waals surface area contributed by atoms with Crippen LogP contribution in [0.1, 0.15) is 51.4 Å². The Hall–Kier alpha value is -4.63. The Balaban J connectivity index is 1.64. The number of anilines is 2. The van der Waals surface area contributed by atoms with Gasteiger partial charge in [-0.1, -0.05) is 12.1 Å². The minimum Gasteiger partial charge on any atom is -0.396 e. The molecule has 2 heterocycles. The molecule has 9 nitrogen and oxygen atoms in total. The number of amides is 1. The summed E-state index contributed by atoms with van der Waals surface area (Å²) in [5.41, 5.74) is 6.72. The Morgan fingerprint density at radius 3 is 2.62 bits per heavy atom. The van der Waals surface area contributed by atoms with Crippen LogP contribution in [0.4, 0.5) is 20.2 Å². The van der Waals surface area contributed by atoms with E-state index in [2.05, 4.69) is 15.4 Å². The number of nitrogens with zero attached hydrogens (tertiary/aromatic N) is 4. The van der Waals surface area contributed by atoms with Crippen molar-refractivity contribution in [3.8, 4) is 17.3 Å². The Kier molecular flexibility index (Phi) is 6.85. The molecule has 1 fully saturated rings. The lowest BCUT2D eigenvalue weighted by molar-refractivity contribution is 0.102. The molecule has 204 valence electrons. The molecule has 0 aliphatic heterocycles. The monoisotopic (exact) mass is 562 g/mol. The fourth-order valence-corrected chi connectivity index (χ4v) is 5.96. The summed E-state index contributed by atoms with van der Waals surface area (Å²) in [7, 11) is -2.53. The maximum Gasteiger partial charge on any atom is 0.257 e. The molecule has 1 amide bonds. The molecule has 0 unspecified atom stereocenters. The zero-order valence-electron chi connectivity index (χ0n) is 21.6. The van der Waals surface area contributed by atoms with E-state index in [1.54, 1.807) is 13.1 Å². The van der Waals surface area contributed by atoms with Crippen LogP contribution in [0.25, 0.3) is 11.3 Å². The SMILES string of the molecule is Cn1ncc(C#N)c1-c1ccc(Cc2c(F)cc(C3CC3)c(NC(=O)c3cccnc3)c2S(C)(=O)=O)c(F)c1N. The summed E-state index contributed by atoms with van der Waals surface area (Å²) in [5, 5.41) is 16.1. The van der Waals surface area contributed by atoms with Crippen LogP contribution in [-0.2, 0) is 23.3 Å². The topological polar surface area (TPSA) is 144 Å². The van der Waals surface area contributed by atoms with E-state index in [9.17, 15) is 18.5 Å². The van der Waals surface area contributed by atoms with Crippen LogP contribution in [-0.4, -0.2) is 35.3 Å². The van der Waals surface area contributed by atoms with Crippen molar-refractivity contribution in [2.75, 3.05) is 17.3 Å². The quantitative estimate of drug-likeness (QED) is 0.319. The fourth-order valence-electron chi connectivity index (χ4n) is 4.80. The van der Waals surface area contributed by atoms with Gasteiger partial charge in [0.15, 0.2) is 9.84 Å². The highest BCUT2D eigenvalue weighted by Crippen LogP contribution is 2.47. The third-order valence-electron chi connectivity index (χ3n) is 6.85. The molecule has 3 N–H and O–H groups in total. The van der Waals surface area contributed by atoms with Crippen LogP contribution in [0.3, 0.4) is 0 Å². The molecule has 0 saturated heterocycles. The smallest absolute Gasteiger partial charge is 0.257 e. The van der Waals surface area contributed by atoms with Crippen molar-refractivity contribution in [1.82, 2.24) is 14.8 Å². The number of hydrogen-bond donors (Lipinski definition) is 2. The first-order chi connectivity index (χ1) is 19.0. The number of aromatic nitrogens is 3. The molecule has 0 radical (unpaired) electrons. The van der Waals surface area contributed by atoms with Gasteiger partial charge in [0, 0.05) is 43.2 Å². The summed E-state index contributed by atoms with van der Waals surface area (Å²) in [6, 6.07) is 9.12. The van der Waals surface area contributed by atoms with Gasteiger partial charge in [0.1, 0.15) is 17.7 Å². The average Bonchev–Trinajstić information content (AvgIpc) is 3.70. The summed E-state index contributed by atoms with van der Waals surface area (Å²) >= 11 is 0. The average molecular weight is 563 g/mol. The Bertz CT molecular complexity index is 1810. The van der Waals surface area contributed by atoms with Gasteiger partial charge < -0.3 is 11.1 Å². The molecular weight excluding hydrogens is 538 g/mol. The van der Waals surface area contributed by atoms with Gasteiger partial charge in [-0.15, -0.1) is 0 Å². The second-order valence-corrected chi connectivity index (χ2v) is 11.6. The van der Waals surface area contributed by atoms with Gasteiger partial charge in [-0.3, -0.25) is 14.5 Å². The van der Waals surface area contributed by atoms with Gasteiger partial charge >= 0.3 is 0 Å². The van der Waals surface area contributed by atoms with Gasteiger partial charge in [-0.25, -0.2) is 17.2 Å². The molecule has 40 heavy (non-hydrogen) atoms. The molecule has 2 aromatic carbocycles. The van der Waals surface area contributed by atoms with E-state index in [0.29, 0.717) is 24.1 Å². The van der Waals surface area contributed by atoms with Crippen molar-refractivity contribution < 1.29 is 22.0 Å². The van der Waals surface area contributed by atoms with Crippen molar-refractivity contribution >= 4 is 27.1 Å². The maximum atomic E-state index is 15.7. The van der Waals surface area contributed by atoms with E-state index in [4.69, 9.17) is 5.73 Å². The first kappa shape index (κ1) is 27.0. The number of nitriles is 1. The van der Waals surface area contributed by atoms with Crippen LogP contribution in [0.15, 0.2) is 53.8 Å². The predicted molar refractivity (Wildman–Crippen MR) is 144 cm³/mol. The van der Waals surface area contributed by atoms with Gasteiger partial charge in [0.05, 0.1) is 39.3 Å². The lowest BCUT2D eigenvalue weighted by atomic mass is 9.96. The first-order valence-corrected chi connectivity index (χ1v) is 14.2. The summed E-state index contributed by atoms with van der Waals surface area (Å²) < 4.78 is 58.9. The lowest BCUT2D eigenvalue weighted by Crippen LogP contribution is -2.19. The van der Waals surface area contributed by atoms with Gasteiger partial charge in [0.2, 0.25) is 0 Å². The molecule has 4 aromatic rings. The highest BCUT2D eigenvalue weighted by atomic mass is 32.2. The summed E-state index contributed by atoms with van der Waals surface area (Å²) in [6.07, 6.45) is 6.04. The minimum atomic E-state index is -4.12. The zero-order chi connectivity index (χ0) is 28.8. The Morgan fingerprint density at radius 2 is 2.00 bits per heavy atom. The molecule has 1 saturated carbocycles.